The Morgan fingerprint density at radius 3 is 2.35 bits per heavy atom. The molecular formula is C17H15F3N2O3S. The van der Waals surface area contributed by atoms with Crippen molar-refractivity contribution in [2.24, 2.45) is 0 Å². The van der Waals surface area contributed by atoms with E-state index in [1.807, 2.05) is 0 Å². The SMILES string of the molecule is CNS(=O)(=O)c1ccc2c(c1)CCN2C(=O)c1ccc(C(F)(F)F)cc1. The van der Waals surface area contributed by atoms with Gasteiger partial charge in [-0.2, -0.15) is 13.2 Å². The number of nitrogens with one attached hydrogen (secondary N) is 1. The molecule has 138 valence electrons. The predicted octanol–water partition coefficient (Wildman–Crippen LogP) is 2.82. The molecule has 9 heteroatoms. The number of amides is 1. The monoisotopic (exact) mass is 384 g/mol. The molecule has 0 bridgehead atoms. The summed E-state index contributed by atoms with van der Waals surface area (Å²) in [5.41, 5.74) is 0.571. The first-order valence-electron chi connectivity index (χ1n) is 7.69. The van der Waals surface area contributed by atoms with Crippen molar-refractivity contribution in [3.63, 3.8) is 0 Å². The van der Waals surface area contributed by atoms with E-state index >= 15 is 0 Å². The summed E-state index contributed by atoms with van der Waals surface area (Å²) in [6, 6.07) is 8.45. The molecule has 0 radical (unpaired) electrons. The van der Waals surface area contributed by atoms with Gasteiger partial charge in [-0.05, 0) is 61.5 Å². The smallest absolute Gasteiger partial charge is 0.308 e. The van der Waals surface area contributed by atoms with Gasteiger partial charge in [-0.3, -0.25) is 4.79 Å². The van der Waals surface area contributed by atoms with Crippen LogP contribution in [0.2, 0.25) is 0 Å². The number of rotatable bonds is 3. The Labute approximate surface area is 148 Å². The maximum absolute atomic E-state index is 12.6. The Morgan fingerprint density at radius 2 is 1.77 bits per heavy atom. The van der Waals surface area contributed by atoms with E-state index in [4.69, 9.17) is 0 Å². The molecule has 0 fully saturated rings. The number of halogens is 3. The second kappa shape index (κ2) is 6.40. The first-order chi connectivity index (χ1) is 12.1. The molecule has 2 aromatic carbocycles. The number of sulfonamides is 1. The molecule has 1 N–H and O–H groups in total. The minimum Gasteiger partial charge on any atom is -0.308 e. The van der Waals surface area contributed by atoms with Crippen molar-refractivity contribution in [3.05, 3.63) is 59.2 Å². The van der Waals surface area contributed by atoms with Gasteiger partial charge in [-0.25, -0.2) is 13.1 Å². The van der Waals surface area contributed by atoms with Gasteiger partial charge in [-0.15, -0.1) is 0 Å². The first kappa shape index (κ1) is 18.4. The van der Waals surface area contributed by atoms with Crippen LogP contribution in [0.3, 0.4) is 0 Å². The molecule has 1 heterocycles. The third-order valence-corrected chi connectivity index (χ3v) is 5.64. The minimum atomic E-state index is -4.46. The second-order valence-electron chi connectivity index (χ2n) is 5.78. The fourth-order valence-corrected chi connectivity index (χ4v) is 3.61. The highest BCUT2D eigenvalue weighted by atomic mass is 32.2. The topological polar surface area (TPSA) is 66.5 Å². The third-order valence-electron chi connectivity index (χ3n) is 4.23. The molecule has 0 aromatic heterocycles. The zero-order valence-electron chi connectivity index (χ0n) is 13.7. The minimum absolute atomic E-state index is 0.0996. The van der Waals surface area contributed by atoms with Gasteiger partial charge in [-0.1, -0.05) is 0 Å². The van der Waals surface area contributed by atoms with E-state index in [0.717, 1.165) is 24.3 Å². The number of benzene rings is 2. The van der Waals surface area contributed by atoms with Gasteiger partial charge in [0.05, 0.1) is 10.5 Å². The van der Waals surface area contributed by atoms with Crippen LogP contribution in [0.15, 0.2) is 47.4 Å². The molecule has 0 spiro atoms. The summed E-state index contributed by atoms with van der Waals surface area (Å²) in [5.74, 6) is -0.429. The van der Waals surface area contributed by atoms with Crippen LogP contribution < -0.4 is 9.62 Å². The van der Waals surface area contributed by atoms with E-state index in [0.29, 0.717) is 24.2 Å². The lowest BCUT2D eigenvalue weighted by atomic mass is 10.1. The van der Waals surface area contributed by atoms with Crippen molar-refractivity contribution in [1.82, 2.24) is 4.72 Å². The Hall–Kier alpha value is -2.39. The summed E-state index contributed by atoms with van der Waals surface area (Å²) in [6.07, 6.45) is -3.99. The van der Waals surface area contributed by atoms with Gasteiger partial charge in [0.1, 0.15) is 0 Å². The molecular weight excluding hydrogens is 369 g/mol. The van der Waals surface area contributed by atoms with Crippen LogP contribution in [0.5, 0.6) is 0 Å². The van der Waals surface area contributed by atoms with Gasteiger partial charge in [0.2, 0.25) is 10.0 Å². The molecule has 0 atom stereocenters. The number of alkyl halides is 3. The van der Waals surface area contributed by atoms with Gasteiger partial charge < -0.3 is 4.90 Å². The Kier molecular flexibility index (Phi) is 4.53. The van der Waals surface area contributed by atoms with Crippen molar-refractivity contribution in [2.75, 3.05) is 18.5 Å². The zero-order valence-corrected chi connectivity index (χ0v) is 14.5. The number of fused-ring (bicyclic) bond motifs is 1. The lowest BCUT2D eigenvalue weighted by Crippen LogP contribution is -2.29. The van der Waals surface area contributed by atoms with Gasteiger partial charge in [0, 0.05) is 17.8 Å². The summed E-state index contributed by atoms with van der Waals surface area (Å²) in [4.78, 5) is 14.2. The number of carbonyl (C=O) groups excluding carboxylic acids is 1. The average molecular weight is 384 g/mol. The largest absolute Gasteiger partial charge is 0.416 e. The molecule has 1 aliphatic rings. The normalized spacial score (nSPS) is 14.4. The highest BCUT2D eigenvalue weighted by molar-refractivity contribution is 7.89. The zero-order chi connectivity index (χ0) is 19.1. The van der Waals surface area contributed by atoms with Crippen molar-refractivity contribution >= 4 is 21.6 Å². The molecule has 0 unspecified atom stereocenters. The van der Waals surface area contributed by atoms with E-state index in [1.54, 1.807) is 0 Å². The van der Waals surface area contributed by atoms with E-state index < -0.39 is 27.7 Å². The van der Waals surface area contributed by atoms with Gasteiger partial charge in [0.25, 0.3) is 5.91 Å². The summed E-state index contributed by atoms with van der Waals surface area (Å²) >= 11 is 0. The van der Waals surface area contributed by atoms with Crippen LogP contribution in [0.25, 0.3) is 0 Å². The lowest BCUT2D eigenvalue weighted by molar-refractivity contribution is -0.137. The first-order valence-corrected chi connectivity index (χ1v) is 9.17. The predicted molar refractivity (Wildman–Crippen MR) is 89.5 cm³/mol. The third kappa shape index (κ3) is 3.32. The van der Waals surface area contributed by atoms with Crippen LogP contribution >= 0.6 is 0 Å². The Bertz CT molecular complexity index is 954. The summed E-state index contributed by atoms with van der Waals surface area (Å²) in [6.45, 7) is 0.332. The Morgan fingerprint density at radius 1 is 1.12 bits per heavy atom. The van der Waals surface area contributed by atoms with Crippen molar-refractivity contribution < 1.29 is 26.4 Å². The number of carbonyl (C=O) groups is 1. The number of hydrogen-bond donors (Lipinski definition) is 1. The van der Waals surface area contributed by atoms with Crippen LogP contribution in [-0.4, -0.2) is 27.9 Å². The molecule has 5 nitrogen and oxygen atoms in total. The maximum Gasteiger partial charge on any atom is 0.416 e. The van der Waals surface area contributed by atoms with Gasteiger partial charge >= 0.3 is 6.18 Å². The number of nitrogens with zero attached hydrogens (tertiary/aromatic N) is 1. The summed E-state index contributed by atoms with van der Waals surface area (Å²) in [7, 11) is -2.28. The Balaban J connectivity index is 1.88. The number of anilines is 1. The molecule has 0 aliphatic carbocycles. The fourth-order valence-electron chi connectivity index (χ4n) is 2.83. The van der Waals surface area contributed by atoms with E-state index in [2.05, 4.69) is 4.72 Å². The standard InChI is InChI=1S/C17H15F3N2O3S/c1-21-26(24,25)14-6-7-15-12(10-14)8-9-22(15)16(23)11-2-4-13(5-3-11)17(18,19)20/h2-7,10,21H,8-9H2,1H3. The molecule has 1 aliphatic heterocycles. The molecule has 1 amide bonds. The van der Waals surface area contributed by atoms with E-state index in [1.165, 1.54) is 30.1 Å². The van der Waals surface area contributed by atoms with Gasteiger partial charge in [0.15, 0.2) is 0 Å². The van der Waals surface area contributed by atoms with E-state index in [-0.39, 0.29) is 10.5 Å². The fraction of sp³-hybridized carbons (Fsp3) is 0.235. The lowest BCUT2D eigenvalue weighted by Gasteiger charge is -2.18. The quantitative estimate of drug-likeness (QED) is 0.885. The van der Waals surface area contributed by atoms with Crippen LogP contribution in [0.4, 0.5) is 18.9 Å². The summed E-state index contributed by atoms with van der Waals surface area (Å²) < 4.78 is 63.9. The van der Waals surface area contributed by atoms with Crippen molar-refractivity contribution in [1.29, 1.82) is 0 Å². The molecule has 26 heavy (non-hydrogen) atoms. The molecule has 3 rings (SSSR count). The molecule has 2 aromatic rings. The van der Waals surface area contributed by atoms with Crippen LogP contribution in [0.1, 0.15) is 21.5 Å². The second-order valence-corrected chi connectivity index (χ2v) is 7.67. The van der Waals surface area contributed by atoms with Crippen molar-refractivity contribution in [2.45, 2.75) is 17.5 Å². The van der Waals surface area contributed by atoms with Crippen LogP contribution in [0, 0.1) is 0 Å². The number of hydrogen-bond acceptors (Lipinski definition) is 3. The summed E-state index contributed by atoms with van der Waals surface area (Å²) in [5, 5.41) is 0. The highest BCUT2D eigenvalue weighted by Gasteiger charge is 2.31. The highest BCUT2D eigenvalue weighted by Crippen LogP contribution is 2.32. The van der Waals surface area contributed by atoms with E-state index in [9.17, 15) is 26.4 Å². The molecule has 0 saturated carbocycles. The maximum atomic E-state index is 12.6. The van der Waals surface area contributed by atoms with Crippen molar-refractivity contribution in [3.8, 4) is 0 Å². The average Bonchev–Trinajstić information content (AvgIpc) is 3.03. The molecule has 0 saturated heterocycles. The van der Waals surface area contributed by atoms with Crippen LogP contribution in [-0.2, 0) is 22.6 Å².